The lowest BCUT2D eigenvalue weighted by Gasteiger charge is -2.32. The normalized spacial score (nSPS) is 21.9. The Hall–Kier alpha value is -0.0400. The van der Waals surface area contributed by atoms with Gasteiger partial charge in [0.05, 0.1) is 0 Å². The summed E-state index contributed by atoms with van der Waals surface area (Å²) in [6.07, 6.45) is 14.4. The molecule has 1 fully saturated rings. The molecule has 1 rings (SSSR count). The number of piperidine rings is 1. The van der Waals surface area contributed by atoms with E-state index in [0.29, 0.717) is 0 Å². The lowest BCUT2D eigenvalue weighted by Crippen LogP contribution is -2.35. The third kappa shape index (κ3) is 7.08. The van der Waals surface area contributed by atoms with E-state index < -0.39 is 0 Å². The van der Waals surface area contributed by atoms with Crippen LogP contribution in [0.4, 0.5) is 0 Å². The van der Waals surface area contributed by atoms with E-state index in [-0.39, 0.29) is 0 Å². The molecule has 17 heavy (non-hydrogen) atoms. The van der Waals surface area contributed by atoms with Crippen LogP contribution in [0.25, 0.3) is 0 Å². The first-order valence-electron chi connectivity index (χ1n) is 8.09. The van der Waals surface area contributed by atoms with Gasteiger partial charge in [0.25, 0.3) is 0 Å². The summed E-state index contributed by atoms with van der Waals surface area (Å²) in [5.74, 6) is 0.994. The van der Waals surface area contributed by atoms with Gasteiger partial charge < -0.3 is 4.90 Å². The lowest BCUT2D eigenvalue weighted by atomic mass is 9.95. The molecule has 1 aliphatic rings. The molecular weight excluding hydrogens is 206 g/mol. The second kappa shape index (κ2) is 9.94. The van der Waals surface area contributed by atoms with Crippen molar-refractivity contribution in [2.75, 3.05) is 19.6 Å². The molecular formula is C16H33N. The summed E-state index contributed by atoms with van der Waals surface area (Å²) in [6, 6.07) is 0. The fraction of sp³-hybridized carbons (Fsp3) is 1.00. The van der Waals surface area contributed by atoms with Crippen LogP contribution < -0.4 is 0 Å². The molecule has 0 saturated carbocycles. The molecule has 0 spiro atoms. The van der Waals surface area contributed by atoms with E-state index in [0.717, 1.165) is 5.92 Å². The fourth-order valence-electron chi connectivity index (χ4n) is 2.98. The lowest BCUT2D eigenvalue weighted by molar-refractivity contribution is 0.169. The zero-order valence-corrected chi connectivity index (χ0v) is 12.2. The maximum absolute atomic E-state index is 2.71. The van der Waals surface area contributed by atoms with E-state index in [2.05, 4.69) is 18.7 Å². The first kappa shape index (κ1) is 15.0. The summed E-state index contributed by atoms with van der Waals surface area (Å²) in [5.41, 5.74) is 0. The van der Waals surface area contributed by atoms with Gasteiger partial charge in [-0.15, -0.1) is 0 Å². The number of hydrogen-bond donors (Lipinski definition) is 0. The van der Waals surface area contributed by atoms with Gasteiger partial charge in [0.15, 0.2) is 0 Å². The molecule has 0 aromatic rings. The predicted molar refractivity (Wildman–Crippen MR) is 77.4 cm³/mol. The minimum atomic E-state index is 0.994. The minimum Gasteiger partial charge on any atom is -0.303 e. The van der Waals surface area contributed by atoms with Crippen LogP contribution in [0.3, 0.4) is 0 Å². The molecule has 1 heteroatoms. The van der Waals surface area contributed by atoms with Crippen LogP contribution in [-0.4, -0.2) is 24.5 Å². The fourth-order valence-corrected chi connectivity index (χ4v) is 2.98. The van der Waals surface area contributed by atoms with Crippen LogP contribution in [-0.2, 0) is 0 Å². The molecule has 1 atom stereocenters. The molecule has 0 bridgehead atoms. The van der Waals surface area contributed by atoms with E-state index in [1.807, 2.05) is 0 Å². The standard InChI is InChI=1S/C16H33N/c1-3-5-6-7-8-9-10-13-17-14-11-12-16(4-2)15-17/h16H,3-15H2,1-2H3. The highest BCUT2D eigenvalue weighted by Gasteiger charge is 2.17. The van der Waals surface area contributed by atoms with Gasteiger partial charge in [-0.1, -0.05) is 58.8 Å². The molecule has 0 N–H and O–H groups in total. The minimum absolute atomic E-state index is 0.994. The highest BCUT2D eigenvalue weighted by Crippen LogP contribution is 2.19. The van der Waals surface area contributed by atoms with E-state index in [4.69, 9.17) is 0 Å². The molecule has 1 heterocycles. The Labute approximate surface area is 109 Å². The average Bonchev–Trinajstić information content (AvgIpc) is 2.38. The number of hydrogen-bond acceptors (Lipinski definition) is 1. The maximum atomic E-state index is 2.71. The van der Waals surface area contributed by atoms with Crippen LogP contribution >= 0.6 is 0 Å². The summed E-state index contributed by atoms with van der Waals surface area (Å²) in [6.45, 7) is 8.76. The van der Waals surface area contributed by atoms with Gasteiger partial charge in [-0.05, 0) is 38.3 Å². The predicted octanol–water partition coefficient (Wildman–Crippen LogP) is 4.86. The number of nitrogens with zero attached hydrogens (tertiary/aromatic N) is 1. The quantitative estimate of drug-likeness (QED) is 0.519. The highest BCUT2D eigenvalue weighted by molar-refractivity contribution is 4.71. The molecule has 1 nitrogen and oxygen atoms in total. The molecule has 1 unspecified atom stereocenters. The summed E-state index contributed by atoms with van der Waals surface area (Å²) in [7, 11) is 0. The van der Waals surface area contributed by atoms with Gasteiger partial charge in [0.2, 0.25) is 0 Å². The second-order valence-corrected chi connectivity index (χ2v) is 5.84. The van der Waals surface area contributed by atoms with Crippen molar-refractivity contribution in [1.29, 1.82) is 0 Å². The summed E-state index contributed by atoms with van der Waals surface area (Å²) < 4.78 is 0. The van der Waals surface area contributed by atoms with Crippen molar-refractivity contribution in [3.63, 3.8) is 0 Å². The van der Waals surface area contributed by atoms with Gasteiger partial charge >= 0.3 is 0 Å². The van der Waals surface area contributed by atoms with Crippen LogP contribution in [0.15, 0.2) is 0 Å². The van der Waals surface area contributed by atoms with Gasteiger partial charge in [-0.2, -0.15) is 0 Å². The molecule has 0 aromatic heterocycles. The van der Waals surface area contributed by atoms with Gasteiger partial charge in [-0.25, -0.2) is 0 Å². The van der Waals surface area contributed by atoms with E-state index >= 15 is 0 Å². The van der Waals surface area contributed by atoms with Crippen LogP contribution in [0, 0.1) is 5.92 Å². The third-order valence-electron chi connectivity index (χ3n) is 4.26. The smallest absolute Gasteiger partial charge is 0.000956 e. The van der Waals surface area contributed by atoms with Crippen molar-refractivity contribution in [3.05, 3.63) is 0 Å². The van der Waals surface area contributed by atoms with Crippen LogP contribution in [0.5, 0.6) is 0 Å². The summed E-state index contributed by atoms with van der Waals surface area (Å²) in [5, 5.41) is 0. The van der Waals surface area contributed by atoms with Gasteiger partial charge in [0, 0.05) is 6.54 Å². The van der Waals surface area contributed by atoms with E-state index in [1.165, 1.54) is 83.8 Å². The number of rotatable bonds is 9. The Morgan fingerprint density at radius 3 is 2.35 bits per heavy atom. The number of likely N-dealkylation sites (tertiary alicyclic amines) is 1. The topological polar surface area (TPSA) is 3.24 Å². The SMILES string of the molecule is CCCCCCCCCN1CCCC(CC)C1. The first-order chi connectivity index (χ1) is 8.36. The van der Waals surface area contributed by atoms with Crippen LogP contribution in [0.2, 0.25) is 0 Å². The van der Waals surface area contributed by atoms with Crippen molar-refractivity contribution in [2.45, 2.75) is 78.1 Å². The van der Waals surface area contributed by atoms with E-state index in [9.17, 15) is 0 Å². The zero-order chi connectivity index (χ0) is 12.3. The molecule has 102 valence electrons. The monoisotopic (exact) mass is 239 g/mol. The first-order valence-corrected chi connectivity index (χ1v) is 8.09. The average molecular weight is 239 g/mol. The Balaban J connectivity index is 1.91. The van der Waals surface area contributed by atoms with Crippen molar-refractivity contribution in [3.8, 4) is 0 Å². The Bertz CT molecular complexity index is 167. The molecule has 0 aromatic carbocycles. The Morgan fingerprint density at radius 2 is 1.65 bits per heavy atom. The Kier molecular flexibility index (Phi) is 8.78. The van der Waals surface area contributed by atoms with Crippen molar-refractivity contribution in [2.24, 2.45) is 5.92 Å². The van der Waals surface area contributed by atoms with Crippen molar-refractivity contribution >= 4 is 0 Å². The molecule has 0 amide bonds. The highest BCUT2D eigenvalue weighted by atomic mass is 15.1. The van der Waals surface area contributed by atoms with Gasteiger partial charge in [0.1, 0.15) is 0 Å². The zero-order valence-electron chi connectivity index (χ0n) is 12.2. The maximum Gasteiger partial charge on any atom is 0.000956 e. The molecule has 0 aliphatic carbocycles. The summed E-state index contributed by atoms with van der Waals surface area (Å²) >= 11 is 0. The van der Waals surface area contributed by atoms with Crippen molar-refractivity contribution in [1.82, 2.24) is 4.90 Å². The number of unbranched alkanes of at least 4 members (excludes halogenated alkanes) is 6. The molecule has 1 aliphatic heterocycles. The molecule has 0 radical (unpaired) electrons. The van der Waals surface area contributed by atoms with Crippen molar-refractivity contribution < 1.29 is 0 Å². The largest absolute Gasteiger partial charge is 0.303 e. The van der Waals surface area contributed by atoms with E-state index in [1.54, 1.807) is 0 Å². The third-order valence-corrected chi connectivity index (χ3v) is 4.26. The summed E-state index contributed by atoms with van der Waals surface area (Å²) in [4.78, 5) is 2.71. The van der Waals surface area contributed by atoms with Gasteiger partial charge in [-0.3, -0.25) is 0 Å². The second-order valence-electron chi connectivity index (χ2n) is 5.84. The molecule has 1 saturated heterocycles. The van der Waals surface area contributed by atoms with Crippen LogP contribution in [0.1, 0.15) is 78.1 Å². The Morgan fingerprint density at radius 1 is 0.941 bits per heavy atom.